The molecule has 1 heterocycles. The van der Waals surface area contributed by atoms with Crippen molar-refractivity contribution in [1.29, 1.82) is 0 Å². The Labute approximate surface area is 117 Å². The summed E-state index contributed by atoms with van der Waals surface area (Å²) in [5, 5.41) is 0. The van der Waals surface area contributed by atoms with Gasteiger partial charge in [0.15, 0.2) is 0 Å². The Morgan fingerprint density at radius 1 is 1.26 bits per heavy atom. The van der Waals surface area contributed by atoms with Gasteiger partial charge in [-0.1, -0.05) is 27.7 Å². The molecule has 0 fully saturated rings. The van der Waals surface area contributed by atoms with Crippen LogP contribution in [0.2, 0.25) is 0 Å². The molecule has 0 aliphatic carbocycles. The van der Waals surface area contributed by atoms with Crippen LogP contribution in [-0.2, 0) is 0 Å². The monoisotopic (exact) mass is 264 g/mol. The third kappa shape index (κ3) is 4.55. The quantitative estimate of drug-likeness (QED) is 0.784. The van der Waals surface area contributed by atoms with Crippen molar-refractivity contribution in [2.45, 2.75) is 52.6 Å². The molecule has 0 saturated carbocycles. The molecule has 1 rings (SSSR count). The summed E-state index contributed by atoms with van der Waals surface area (Å²) in [5.41, 5.74) is 7.06. The van der Waals surface area contributed by atoms with Crippen LogP contribution in [0, 0.1) is 5.92 Å². The Morgan fingerprint density at radius 3 is 2.37 bits per heavy atom. The van der Waals surface area contributed by atoms with Crippen molar-refractivity contribution in [3.63, 3.8) is 0 Å². The lowest BCUT2D eigenvalue weighted by molar-refractivity contribution is 0.110. The summed E-state index contributed by atoms with van der Waals surface area (Å²) in [7, 11) is 0. The fourth-order valence-electron chi connectivity index (χ4n) is 2.63. The highest BCUT2D eigenvalue weighted by molar-refractivity contribution is 5.06. The van der Waals surface area contributed by atoms with E-state index in [1.165, 1.54) is 0 Å². The normalized spacial score (nSPS) is 13.5. The number of nitrogens with two attached hydrogens (primary N) is 1. The van der Waals surface area contributed by atoms with E-state index in [0.29, 0.717) is 18.5 Å². The summed E-state index contributed by atoms with van der Waals surface area (Å²) in [6.45, 7) is 10.6. The van der Waals surface area contributed by atoms with Gasteiger partial charge in [0.2, 0.25) is 0 Å². The molecule has 19 heavy (non-hydrogen) atoms. The van der Waals surface area contributed by atoms with Gasteiger partial charge >= 0.3 is 0 Å². The van der Waals surface area contributed by atoms with Gasteiger partial charge in [0.05, 0.1) is 11.7 Å². The summed E-state index contributed by atoms with van der Waals surface area (Å²) in [5.74, 6) is 0.622. The molecule has 0 radical (unpaired) electrons. The maximum Gasteiger partial charge on any atom is 0.115 e. The average molecular weight is 264 g/mol. The first-order chi connectivity index (χ1) is 9.13. The van der Waals surface area contributed by atoms with E-state index in [9.17, 15) is 0 Å². The first-order valence-electron chi connectivity index (χ1n) is 7.35. The zero-order valence-corrected chi connectivity index (χ0v) is 12.7. The van der Waals surface area contributed by atoms with Crippen molar-refractivity contribution in [3.8, 4) is 0 Å². The van der Waals surface area contributed by atoms with Crippen LogP contribution in [-0.4, -0.2) is 34.0 Å². The highest BCUT2D eigenvalue weighted by Crippen LogP contribution is 2.24. The summed E-state index contributed by atoms with van der Waals surface area (Å²) in [4.78, 5) is 10.9. The number of hydrogen-bond donors (Lipinski definition) is 1. The lowest BCUT2D eigenvalue weighted by Crippen LogP contribution is -2.43. The Kier molecular flexibility index (Phi) is 6.95. The summed E-state index contributed by atoms with van der Waals surface area (Å²) < 4.78 is 0. The van der Waals surface area contributed by atoms with Crippen LogP contribution in [0.4, 0.5) is 0 Å². The van der Waals surface area contributed by atoms with Gasteiger partial charge in [-0.25, -0.2) is 9.97 Å². The third-order valence-corrected chi connectivity index (χ3v) is 3.56. The van der Waals surface area contributed by atoms with Crippen LogP contribution in [0.1, 0.15) is 52.3 Å². The molecular weight excluding hydrogens is 236 g/mol. The Morgan fingerprint density at radius 2 is 1.95 bits per heavy atom. The van der Waals surface area contributed by atoms with Crippen molar-refractivity contribution in [1.82, 2.24) is 14.9 Å². The van der Waals surface area contributed by atoms with Crippen molar-refractivity contribution in [2.75, 3.05) is 13.1 Å². The molecule has 0 saturated heterocycles. The Bertz CT molecular complexity index is 335. The minimum atomic E-state index is 0.190. The number of hydrogen-bond acceptors (Lipinski definition) is 4. The Balaban J connectivity index is 2.98. The second kappa shape index (κ2) is 8.23. The second-order valence-corrected chi connectivity index (χ2v) is 5.45. The topological polar surface area (TPSA) is 55.0 Å². The highest BCUT2D eigenvalue weighted by atomic mass is 15.2. The van der Waals surface area contributed by atoms with E-state index in [-0.39, 0.29) is 6.04 Å². The van der Waals surface area contributed by atoms with Crippen LogP contribution in [0.5, 0.6) is 0 Å². The van der Waals surface area contributed by atoms with Gasteiger partial charge in [-0.3, -0.25) is 4.90 Å². The van der Waals surface area contributed by atoms with E-state index in [2.05, 4.69) is 42.6 Å². The van der Waals surface area contributed by atoms with Gasteiger partial charge < -0.3 is 5.73 Å². The lowest BCUT2D eigenvalue weighted by Gasteiger charge is -2.37. The zero-order valence-electron chi connectivity index (χ0n) is 12.7. The van der Waals surface area contributed by atoms with Crippen LogP contribution in [0.15, 0.2) is 18.6 Å². The van der Waals surface area contributed by atoms with Gasteiger partial charge in [-0.05, 0) is 24.8 Å². The van der Waals surface area contributed by atoms with Crippen LogP contribution in [0.25, 0.3) is 0 Å². The SMILES string of the molecule is CCC(CC)N(CC(C)C)C(CN)c1ccncn1. The molecule has 0 aliphatic rings. The van der Waals surface area contributed by atoms with Crippen molar-refractivity contribution in [2.24, 2.45) is 11.7 Å². The first-order valence-corrected chi connectivity index (χ1v) is 7.35. The molecule has 0 aromatic carbocycles. The van der Waals surface area contributed by atoms with E-state index < -0.39 is 0 Å². The molecule has 4 nitrogen and oxygen atoms in total. The summed E-state index contributed by atoms with van der Waals surface area (Å²) >= 11 is 0. The van der Waals surface area contributed by atoms with E-state index in [1.54, 1.807) is 12.5 Å². The zero-order chi connectivity index (χ0) is 14.3. The Hall–Kier alpha value is -1.00. The molecule has 4 heteroatoms. The standard InChI is InChI=1S/C15H28N4/c1-5-13(6-2)19(10-12(3)4)15(9-16)14-7-8-17-11-18-14/h7-8,11-13,15H,5-6,9-10,16H2,1-4H3. The van der Waals surface area contributed by atoms with E-state index in [4.69, 9.17) is 5.73 Å². The van der Waals surface area contributed by atoms with E-state index in [0.717, 1.165) is 25.1 Å². The molecule has 0 bridgehead atoms. The molecular formula is C15H28N4. The van der Waals surface area contributed by atoms with Gasteiger partial charge in [-0.15, -0.1) is 0 Å². The molecule has 0 spiro atoms. The minimum absolute atomic E-state index is 0.190. The maximum absolute atomic E-state index is 6.03. The van der Waals surface area contributed by atoms with Crippen molar-refractivity contribution >= 4 is 0 Å². The fourth-order valence-corrected chi connectivity index (χ4v) is 2.63. The van der Waals surface area contributed by atoms with Crippen LogP contribution in [0.3, 0.4) is 0 Å². The minimum Gasteiger partial charge on any atom is -0.329 e. The van der Waals surface area contributed by atoms with Crippen molar-refractivity contribution in [3.05, 3.63) is 24.3 Å². The summed E-state index contributed by atoms with van der Waals surface area (Å²) in [6, 6.07) is 2.73. The van der Waals surface area contributed by atoms with Crippen molar-refractivity contribution < 1.29 is 0 Å². The lowest BCUT2D eigenvalue weighted by atomic mass is 10.0. The smallest absolute Gasteiger partial charge is 0.115 e. The molecule has 1 unspecified atom stereocenters. The first kappa shape index (κ1) is 16.1. The maximum atomic E-state index is 6.03. The molecule has 2 N–H and O–H groups in total. The molecule has 0 aliphatic heterocycles. The third-order valence-electron chi connectivity index (χ3n) is 3.56. The van der Waals surface area contributed by atoms with Crippen LogP contribution < -0.4 is 5.73 Å². The highest BCUT2D eigenvalue weighted by Gasteiger charge is 2.26. The number of nitrogens with zero attached hydrogens (tertiary/aromatic N) is 3. The predicted molar refractivity (Wildman–Crippen MR) is 79.7 cm³/mol. The summed E-state index contributed by atoms with van der Waals surface area (Å²) in [6.07, 6.45) is 5.69. The molecule has 1 aromatic heterocycles. The van der Waals surface area contributed by atoms with Gasteiger partial charge in [0.25, 0.3) is 0 Å². The van der Waals surface area contributed by atoms with E-state index >= 15 is 0 Å². The molecule has 1 aromatic rings. The number of aromatic nitrogens is 2. The largest absolute Gasteiger partial charge is 0.329 e. The predicted octanol–water partition coefficient (Wildman–Crippen LogP) is 2.62. The van der Waals surface area contributed by atoms with E-state index in [1.807, 2.05) is 6.07 Å². The van der Waals surface area contributed by atoms with Gasteiger partial charge in [0, 0.05) is 25.3 Å². The number of rotatable bonds is 8. The van der Waals surface area contributed by atoms with Gasteiger partial charge in [-0.2, -0.15) is 0 Å². The second-order valence-electron chi connectivity index (χ2n) is 5.45. The molecule has 108 valence electrons. The molecule has 0 amide bonds. The van der Waals surface area contributed by atoms with Gasteiger partial charge in [0.1, 0.15) is 6.33 Å². The average Bonchev–Trinajstić information content (AvgIpc) is 2.41. The molecule has 1 atom stereocenters. The fraction of sp³-hybridized carbons (Fsp3) is 0.733. The van der Waals surface area contributed by atoms with Crippen LogP contribution >= 0.6 is 0 Å².